The van der Waals surface area contributed by atoms with Gasteiger partial charge in [-0.15, -0.1) is 0 Å². The summed E-state index contributed by atoms with van der Waals surface area (Å²) in [7, 11) is 0. The lowest BCUT2D eigenvalue weighted by Gasteiger charge is -2.34. The van der Waals surface area contributed by atoms with E-state index < -0.39 is 0 Å². The van der Waals surface area contributed by atoms with E-state index in [2.05, 4.69) is 36.1 Å². The maximum Gasteiger partial charge on any atom is 0.0641 e. The van der Waals surface area contributed by atoms with E-state index >= 15 is 0 Å². The number of para-hydroxylation sites is 1. The number of hydrogen-bond donors (Lipinski definition) is 1. The lowest BCUT2D eigenvalue weighted by molar-refractivity contribution is 0.136. The number of benzene rings is 1. The molecule has 0 aliphatic carbocycles. The van der Waals surface area contributed by atoms with E-state index in [1.165, 1.54) is 17.7 Å². The van der Waals surface area contributed by atoms with Crippen LogP contribution in [0, 0.1) is 0 Å². The Morgan fingerprint density at radius 3 is 3.00 bits per heavy atom. The second kappa shape index (κ2) is 6.76. The van der Waals surface area contributed by atoms with Crippen molar-refractivity contribution in [1.29, 1.82) is 0 Å². The monoisotopic (exact) mass is 248 g/mol. The number of hydrogen-bond acceptors (Lipinski definition) is 3. The van der Waals surface area contributed by atoms with Crippen molar-refractivity contribution in [2.45, 2.75) is 32.2 Å². The Hall–Kier alpha value is -1.06. The Labute approximate surface area is 110 Å². The van der Waals surface area contributed by atoms with Crippen LogP contribution in [0.15, 0.2) is 24.3 Å². The molecule has 18 heavy (non-hydrogen) atoms. The summed E-state index contributed by atoms with van der Waals surface area (Å²) in [5.74, 6) is 0. The number of nitrogens with two attached hydrogens (primary N) is 1. The molecule has 1 aliphatic rings. The van der Waals surface area contributed by atoms with Crippen LogP contribution in [0.1, 0.15) is 37.8 Å². The third-order valence-electron chi connectivity index (χ3n) is 3.53. The number of fused-ring (bicyclic) bond motifs is 1. The zero-order valence-corrected chi connectivity index (χ0v) is 11.3. The largest absolute Gasteiger partial charge is 0.380 e. The highest BCUT2D eigenvalue weighted by atomic mass is 16.5. The smallest absolute Gasteiger partial charge is 0.0641 e. The van der Waals surface area contributed by atoms with Crippen molar-refractivity contribution in [1.82, 2.24) is 0 Å². The molecule has 0 amide bonds. The van der Waals surface area contributed by atoms with Gasteiger partial charge < -0.3 is 15.4 Å². The van der Waals surface area contributed by atoms with Crippen LogP contribution in [0.3, 0.4) is 0 Å². The van der Waals surface area contributed by atoms with Crippen LogP contribution in [0.25, 0.3) is 0 Å². The van der Waals surface area contributed by atoms with E-state index in [9.17, 15) is 0 Å². The molecule has 2 N–H and O–H groups in total. The average molecular weight is 248 g/mol. The summed E-state index contributed by atoms with van der Waals surface area (Å²) in [6.45, 7) is 5.88. The highest BCUT2D eigenvalue weighted by molar-refractivity contribution is 5.56. The summed E-state index contributed by atoms with van der Waals surface area (Å²) >= 11 is 0. The molecule has 100 valence electrons. The first-order valence-corrected chi connectivity index (χ1v) is 7.00. The maximum absolute atomic E-state index is 6.15. The minimum absolute atomic E-state index is 0.193. The lowest BCUT2D eigenvalue weighted by Crippen LogP contribution is -2.35. The van der Waals surface area contributed by atoms with E-state index in [1.54, 1.807) is 0 Å². The number of ether oxygens (including phenoxy) is 1. The molecular formula is C15H24N2O. The third-order valence-corrected chi connectivity index (χ3v) is 3.53. The summed E-state index contributed by atoms with van der Waals surface area (Å²) in [6.07, 6.45) is 3.38. The van der Waals surface area contributed by atoms with Crippen LogP contribution in [-0.4, -0.2) is 26.3 Å². The minimum Gasteiger partial charge on any atom is -0.380 e. The van der Waals surface area contributed by atoms with E-state index in [1.807, 2.05) is 0 Å². The van der Waals surface area contributed by atoms with Crippen LogP contribution in [0.2, 0.25) is 0 Å². The van der Waals surface area contributed by atoms with Gasteiger partial charge in [-0.05, 0) is 24.5 Å². The highest BCUT2D eigenvalue weighted by Gasteiger charge is 2.21. The van der Waals surface area contributed by atoms with Crippen molar-refractivity contribution < 1.29 is 4.74 Å². The van der Waals surface area contributed by atoms with Crippen molar-refractivity contribution >= 4 is 5.69 Å². The highest BCUT2D eigenvalue weighted by Crippen LogP contribution is 2.31. The summed E-state index contributed by atoms with van der Waals surface area (Å²) in [4.78, 5) is 2.39. The maximum atomic E-state index is 6.15. The predicted molar refractivity (Wildman–Crippen MR) is 75.9 cm³/mol. The molecule has 0 radical (unpaired) electrons. The van der Waals surface area contributed by atoms with Gasteiger partial charge in [-0.1, -0.05) is 31.5 Å². The molecule has 0 bridgehead atoms. The van der Waals surface area contributed by atoms with Gasteiger partial charge in [0.1, 0.15) is 0 Å². The fourth-order valence-electron chi connectivity index (χ4n) is 2.42. The van der Waals surface area contributed by atoms with Gasteiger partial charge in [0.15, 0.2) is 0 Å². The topological polar surface area (TPSA) is 38.5 Å². The van der Waals surface area contributed by atoms with E-state index in [0.29, 0.717) is 0 Å². The second-order valence-corrected chi connectivity index (χ2v) is 4.91. The fraction of sp³-hybridized carbons (Fsp3) is 0.600. The summed E-state index contributed by atoms with van der Waals surface area (Å²) in [5.41, 5.74) is 8.71. The molecule has 1 aromatic carbocycles. The molecule has 0 saturated carbocycles. The molecule has 1 heterocycles. The number of anilines is 1. The zero-order chi connectivity index (χ0) is 12.8. The first-order valence-electron chi connectivity index (χ1n) is 7.00. The van der Waals surface area contributed by atoms with Crippen molar-refractivity contribution in [2.75, 3.05) is 31.2 Å². The van der Waals surface area contributed by atoms with Crippen molar-refractivity contribution in [2.24, 2.45) is 5.73 Å². The normalized spacial score (nSPS) is 18.8. The average Bonchev–Trinajstić information content (AvgIpc) is 2.41. The third kappa shape index (κ3) is 3.24. The molecule has 1 aromatic rings. The van der Waals surface area contributed by atoms with Gasteiger partial charge >= 0.3 is 0 Å². The SMILES string of the molecule is CCCCOCCN1CCC(N)c2ccccc21. The lowest BCUT2D eigenvalue weighted by atomic mass is 9.97. The fourth-order valence-corrected chi connectivity index (χ4v) is 2.42. The summed E-state index contributed by atoms with van der Waals surface area (Å²) in [5, 5.41) is 0. The molecule has 1 unspecified atom stereocenters. The van der Waals surface area contributed by atoms with Gasteiger partial charge in [-0.2, -0.15) is 0 Å². The minimum atomic E-state index is 0.193. The van der Waals surface area contributed by atoms with Crippen LogP contribution in [0.4, 0.5) is 5.69 Å². The Kier molecular flexibility index (Phi) is 5.02. The predicted octanol–water partition coefficient (Wildman–Crippen LogP) is 2.71. The summed E-state index contributed by atoms with van der Waals surface area (Å²) in [6, 6.07) is 8.66. The number of rotatable bonds is 6. The van der Waals surface area contributed by atoms with E-state index in [-0.39, 0.29) is 6.04 Å². The van der Waals surface area contributed by atoms with Crippen molar-refractivity contribution in [3.63, 3.8) is 0 Å². The Morgan fingerprint density at radius 2 is 2.17 bits per heavy atom. The summed E-state index contributed by atoms with van der Waals surface area (Å²) < 4.78 is 5.65. The van der Waals surface area contributed by atoms with Gasteiger partial charge in [0.05, 0.1) is 6.61 Å². The van der Waals surface area contributed by atoms with Gasteiger partial charge in [0.2, 0.25) is 0 Å². The molecule has 3 nitrogen and oxygen atoms in total. The second-order valence-electron chi connectivity index (χ2n) is 4.91. The van der Waals surface area contributed by atoms with Crippen LogP contribution >= 0.6 is 0 Å². The van der Waals surface area contributed by atoms with Crippen LogP contribution in [0.5, 0.6) is 0 Å². The van der Waals surface area contributed by atoms with Gasteiger partial charge in [0, 0.05) is 31.4 Å². The number of nitrogens with zero attached hydrogens (tertiary/aromatic N) is 1. The molecule has 0 fully saturated rings. The molecule has 0 saturated heterocycles. The molecule has 0 spiro atoms. The van der Waals surface area contributed by atoms with Crippen LogP contribution in [-0.2, 0) is 4.74 Å². The first-order chi connectivity index (χ1) is 8.83. The standard InChI is InChI=1S/C15H24N2O/c1-2-3-11-18-12-10-17-9-8-14(16)13-6-4-5-7-15(13)17/h4-7,14H,2-3,8-12,16H2,1H3. The van der Waals surface area contributed by atoms with Gasteiger partial charge in [0.25, 0.3) is 0 Å². The van der Waals surface area contributed by atoms with Crippen LogP contribution < -0.4 is 10.6 Å². The first kappa shape index (κ1) is 13.4. The van der Waals surface area contributed by atoms with Gasteiger partial charge in [-0.3, -0.25) is 0 Å². The quantitative estimate of drug-likeness (QED) is 0.787. The van der Waals surface area contributed by atoms with E-state index in [0.717, 1.165) is 39.1 Å². The molecule has 1 atom stereocenters. The Bertz CT molecular complexity index is 367. The number of unbranched alkanes of at least 4 members (excludes halogenated alkanes) is 1. The molecule has 3 heteroatoms. The van der Waals surface area contributed by atoms with Crippen molar-refractivity contribution in [3.8, 4) is 0 Å². The molecule has 0 aromatic heterocycles. The molecule has 2 rings (SSSR count). The molecular weight excluding hydrogens is 224 g/mol. The Balaban J connectivity index is 1.89. The van der Waals surface area contributed by atoms with E-state index in [4.69, 9.17) is 10.5 Å². The van der Waals surface area contributed by atoms with Gasteiger partial charge in [-0.25, -0.2) is 0 Å². The Morgan fingerprint density at radius 1 is 1.33 bits per heavy atom. The zero-order valence-electron chi connectivity index (χ0n) is 11.3. The molecule has 1 aliphatic heterocycles. The van der Waals surface area contributed by atoms with Crippen molar-refractivity contribution in [3.05, 3.63) is 29.8 Å².